The molecule has 0 radical (unpaired) electrons. The van der Waals surface area contributed by atoms with Crippen molar-refractivity contribution in [1.29, 1.82) is 0 Å². The molecule has 15 heavy (non-hydrogen) atoms. The van der Waals surface area contributed by atoms with Gasteiger partial charge in [-0.05, 0) is 28.1 Å². The lowest BCUT2D eigenvalue weighted by Crippen LogP contribution is -1.80. The molecule has 0 saturated carbocycles. The van der Waals surface area contributed by atoms with E-state index in [1.165, 1.54) is 6.07 Å². The van der Waals surface area contributed by atoms with E-state index in [2.05, 4.69) is 21.1 Å². The standard InChI is InChI=1S/C9H6BrClN2O2/c10-6-2-4(11)1-5(9(6)14)7-3-8(12)13-15-7/h1-3,14H,(H2,12,13). The number of hydrogen-bond donors (Lipinski definition) is 2. The smallest absolute Gasteiger partial charge is 0.172 e. The highest BCUT2D eigenvalue weighted by molar-refractivity contribution is 9.10. The fourth-order valence-electron chi connectivity index (χ4n) is 1.17. The van der Waals surface area contributed by atoms with Gasteiger partial charge in [0.2, 0.25) is 0 Å². The Kier molecular flexibility index (Phi) is 2.58. The van der Waals surface area contributed by atoms with Crippen LogP contribution in [0.4, 0.5) is 5.82 Å². The summed E-state index contributed by atoms with van der Waals surface area (Å²) in [5.41, 5.74) is 5.85. The highest BCUT2D eigenvalue weighted by Gasteiger charge is 2.13. The molecule has 0 aliphatic heterocycles. The number of phenols is 1. The highest BCUT2D eigenvalue weighted by Crippen LogP contribution is 2.38. The summed E-state index contributed by atoms with van der Waals surface area (Å²) < 4.78 is 5.41. The number of anilines is 1. The van der Waals surface area contributed by atoms with E-state index < -0.39 is 0 Å². The van der Waals surface area contributed by atoms with Gasteiger partial charge in [-0.2, -0.15) is 0 Å². The van der Waals surface area contributed by atoms with Crippen LogP contribution in [-0.2, 0) is 0 Å². The largest absolute Gasteiger partial charge is 0.506 e. The summed E-state index contributed by atoms with van der Waals surface area (Å²) in [6, 6.07) is 4.67. The Morgan fingerprint density at radius 2 is 2.13 bits per heavy atom. The molecule has 0 unspecified atom stereocenters. The highest BCUT2D eigenvalue weighted by atomic mass is 79.9. The maximum Gasteiger partial charge on any atom is 0.172 e. The van der Waals surface area contributed by atoms with Gasteiger partial charge >= 0.3 is 0 Å². The summed E-state index contributed by atoms with van der Waals surface area (Å²) in [4.78, 5) is 0. The molecular formula is C9H6BrClN2O2. The first-order valence-corrected chi connectivity index (χ1v) is 5.15. The van der Waals surface area contributed by atoms with Crippen molar-refractivity contribution >= 4 is 33.3 Å². The molecule has 4 nitrogen and oxygen atoms in total. The molecule has 3 N–H and O–H groups in total. The second-order valence-electron chi connectivity index (χ2n) is 2.90. The van der Waals surface area contributed by atoms with E-state index in [-0.39, 0.29) is 11.6 Å². The van der Waals surface area contributed by atoms with Crippen molar-refractivity contribution in [2.75, 3.05) is 5.73 Å². The van der Waals surface area contributed by atoms with Crippen molar-refractivity contribution in [3.05, 3.63) is 27.7 Å². The van der Waals surface area contributed by atoms with Gasteiger partial charge in [-0.3, -0.25) is 0 Å². The van der Waals surface area contributed by atoms with E-state index in [1.54, 1.807) is 12.1 Å². The van der Waals surface area contributed by atoms with Gasteiger partial charge in [-0.25, -0.2) is 0 Å². The maximum absolute atomic E-state index is 9.75. The van der Waals surface area contributed by atoms with Crippen LogP contribution in [0.15, 0.2) is 27.2 Å². The predicted octanol–water partition coefficient (Wildman–Crippen LogP) is 3.05. The van der Waals surface area contributed by atoms with Gasteiger partial charge in [0.05, 0.1) is 10.0 Å². The van der Waals surface area contributed by atoms with Gasteiger partial charge in [-0.1, -0.05) is 16.8 Å². The van der Waals surface area contributed by atoms with Gasteiger partial charge in [-0.15, -0.1) is 0 Å². The predicted molar refractivity (Wildman–Crippen MR) is 60.7 cm³/mol. The van der Waals surface area contributed by atoms with E-state index in [0.29, 0.717) is 20.8 Å². The zero-order valence-corrected chi connectivity index (χ0v) is 9.71. The molecule has 1 heterocycles. The summed E-state index contributed by atoms with van der Waals surface area (Å²) in [7, 11) is 0. The number of rotatable bonds is 1. The lowest BCUT2D eigenvalue weighted by molar-refractivity contribution is 0.428. The van der Waals surface area contributed by atoms with Gasteiger partial charge in [0.25, 0.3) is 0 Å². The van der Waals surface area contributed by atoms with E-state index in [1.807, 2.05) is 0 Å². The minimum Gasteiger partial charge on any atom is -0.506 e. The van der Waals surface area contributed by atoms with Crippen molar-refractivity contribution in [2.24, 2.45) is 0 Å². The molecule has 0 aliphatic rings. The second kappa shape index (κ2) is 3.75. The van der Waals surface area contributed by atoms with E-state index in [9.17, 15) is 5.11 Å². The third kappa shape index (κ3) is 1.93. The van der Waals surface area contributed by atoms with Gasteiger partial charge in [0.15, 0.2) is 11.6 Å². The normalized spacial score (nSPS) is 10.5. The first kappa shape index (κ1) is 10.3. The average Bonchev–Trinajstić information content (AvgIpc) is 2.58. The van der Waals surface area contributed by atoms with Crippen molar-refractivity contribution in [2.45, 2.75) is 0 Å². The fraction of sp³-hybridized carbons (Fsp3) is 0. The number of nitrogens with zero attached hydrogens (tertiary/aromatic N) is 1. The number of hydrogen-bond acceptors (Lipinski definition) is 4. The van der Waals surface area contributed by atoms with Crippen LogP contribution in [0.1, 0.15) is 0 Å². The Balaban J connectivity index is 2.62. The van der Waals surface area contributed by atoms with E-state index in [0.717, 1.165) is 0 Å². The summed E-state index contributed by atoms with van der Waals surface area (Å²) in [6.07, 6.45) is 0. The first-order valence-electron chi connectivity index (χ1n) is 3.98. The fourth-order valence-corrected chi connectivity index (χ4v) is 1.98. The van der Waals surface area contributed by atoms with Gasteiger partial charge in [0.1, 0.15) is 5.75 Å². The van der Waals surface area contributed by atoms with E-state index in [4.69, 9.17) is 21.9 Å². The van der Waals surface area contributed by atoms with Crippen LogP contribution in [0.3, 0.4) is 0 Å². The van der Waals surface area contributed by atoms with Gasteiger partial charge in [0, 0.05) is 11.1 Å². The minimum absolute atomic E-state index is 0.0375. The van der Waals surface area contributed by atoms with Crippen LogP contribution in [0.2, 0.25) is 5.02 Å². The lowest BCUT2D eigenvalue weighted by atomic mass is 10.1. The zero-order valence-electron chi connectivity index (χ0n) is 7.37. The quantitative estimate of drug-likeness (QED) is 0.846. The van der Waals surface area contributed by atoms with Crippen LogP contribution in [0.5, 0.6) is 5.75 Å². The molecule has 0 aliphatic carbocycles. The van der Waals surface area contributed by atoms with Crippen LogP contribution in [-0.4, -0.2) is 10.3 Å². The molecule has 1 aromatic heterocycles. The SMILES string of the molecule is Nc1cc(-c2cc(Cl)cc(Br)c2O)on1. The number of nitrogens with two attached hydrogens (primary N) is 1. The maximum atomic E-state index is 9.75. The van der Waals surface area contributed by atoms with Crippen LogP contribution < -0.4 is 5.73 Å². The van der Waals surface area contributed by atoms with Crippen molar-refractivity contribution in [1.82, 2.24) is 5.16 Å². The molecule has 6 heteroatoms. The third-order valence-corrected chi connectivity index (χ3v) is 2.64. The van der Waals surface area contributed by atoms with Crippen LogP contribution >= 0.6 is 27.5 Å². The lowest BCUT2D eigenvalue weighted by Gasteiger charge is -2.03. The molecule has 0 fully saturated rings. The Morgan fingerprint density at radius 3 is 2.73 bits per heavy atom. The molecule has 0 amide bonds. The summed E-state index contributed by atoms with van der Waals surface area (Å²) in [5.74, 6) is 0.657. The minimum atomic E-state index is 0.0375. The topological polar surface area (TPSA) is 72.3 Å². The summed E-state index contributed by atoms with van der Waals surface area (Å²) >= 11 is 9.02. The number of nitrogen functional groups attached to an aromatic ring is 1. The Hall–Kier alpha value is -1.20. The number of aromatic hydroxyl groups is 1. The molecule has 78 valence electrons. The molecule has 0 bridgehead atoms. The number of phenolic OH excluding ortho intramolecular Hbond substituents is 1. The molecule has 2 rings (SSSR count). The molecule has 1 aromatic carbocycles. The Bertz CT molecular complexity index is 513. The zero-order chi connectivity index (χ0) is 11.0. The van der Waals surface area contributed by atoms with Crippen molar-refractivity contribution in [3.8, 4) is 17.1 Å². The molecule has 2 aromatic rings. The summed E-state index contributed by atoms with van der Waals surface area (Å²) in [6.45, 7) is 0. The monoisotopic (exact) mass is 288 g/mol. The van der Waals surface area contributed by atoms with E-state index >= 15 is 0 Å². The number of halogens is 2. The van der Waals surface area contributed by atoms with Crippen LogP contribution in [0, 0.1) is 0 Å². The molecular weight excluding hydrogens is 283 g/mol. The average molecular weight is 290 g/mol. The second-order valence-corrected chi connectivity index (χ2v) is 4.19. The van der Waals surface area contributed by atoms with Crippen LogP contribution in [0.25, 0.3) is 11.3 Å². The first-order chi connectivity index (χ1) is 7.08. The van der Waals surface area contributed by atoms with Crippen molar-refractivity contribution in [3.63, 3.8) is 0 Å². The molecule has 0 atom stereocenters. The van der Waals surface area contributed by atoms with Gasteiger partial charge < -0.3 is 15.4 Å². The molecule has 0 saturated heterocycles. The third-order valence-electron chi connectivity index (χ3n) is 1.82. The number of aromatic nitrogens is 1. The molecule has 0 spiro atoms. The number of benzene rings is 1. The Morgan fingerprint density at radius 1 is 1.40 bits per heavy atom. The van der Waals surface area contributed by atoms with Crippen molar-refractivity contribution < 1.29 is 9.63 Å². The Labute approximate surface area is 98.8 Å². The summed E-state index contributed by atoms with van der Waals surface area (Å²) in [5, 5.41) is 13.8.